The topological polar surface area (TPSA) is 110 Å². The molecule has 4 rings (SSSR count). The zero-order valence-corrected chi connectivity index (χ0v) is 18.1. The molecule has 1 saturated heterocycles. The second-order valence-electron chi connectivity index (χ2n) is 7.61. The first-order chi connectivity index (χ1) is 15.4. The molecule has 32 heavy (non-hydrogen) atoms. The third kappa shape index (κ3) is 4.78. The predicted molar refractivity (Wildman–Crippen MR) is 119 cm³/mol. The molecule has 3 atom stereocenters. The zero-order chi connectivity index (χ0) is 22.7. The second-order valence-corrected chi connectivity index (χ2v) is 7.61. The van der Waals surface area contributed by atoms with Gasteiger partial charge in [0.2, 0.25) is 11.9 Å². The van der Waals surface area contributed by atoms with Crippen molar-refractivity contribution in [1.29, 1.82) is 0 Å². The molecule has 0 radical (unpaired) electrons. The van der Waals surface area contributed by atoms with Crippen molar-refractivity contribution in [2.75, 3.05) is 16.8 Å². The SMILES string of the molecule is Cc1nc(N[C@@H](C)c2ccc(Oc3ccccc3)cc2)nc(N2C(=O)OC[C@@H]2[C@H](C)O)n1. The number of hydrogen-bond donors (Lipinski definition) is 2. The molecule has 1 amide bonds. The molecule has 0 spiro atoms. The summed E-state index contributed by atoms with van der Waals surface area (Å²) >= 11 is 0. The van der Waals surface area contributed by atoms with E-state index in [-0.39, 0.29) is 18.6 Å². The van der Waals surface area contributed by atoms with Gasteiger partial charge in [-0.15, -0.1) is 0 Å². The smallest absolute Gasteiger partial charge is 0.417 e. The Morgan fingerprint density at radius 2 is 1.75 bits per heavy atom. The van der Waals surface area contributed by atoms with Gasteiger partial charge in [0.25, 0.3) is 0 Å². The van der Waals surface area contributed by atoms with Gasteiger partial charge in [0, 0.05) is 0 Å². The van der Waals surface area contributed by atoms with Crippen LogP contribution in [0.3, 0.4) is 0 Å². The highest BCUT2D eigenvalue weighted by Crippen LogP contribution is 2.26. The molecule has 1 aromatic heterocycles. The number of carbonyl (C=O) groups is 1. The molecule has 1 fully saturated rings. The highest BCUT2D eigenvalue weighted by atomic mass is 16.6. The number of nitrogens with zero attached hydrogens (tertiary/aromatic N) is 4. The lowest BCUT2D eigenvalue weighted by Gasteiger charge is -2.22. The quantitative estimate of drug-likeness (QED) is 0.576. The Morgan fingerprint density at radius 1 is 1.06 bits per heavy atom. The summed E-state index contributed by atoms with van der Waals surface area (Å²) in [6, 6.07) is 16.6. The van der Waals surface area contributed by atoms with Gasteiger partial charge in [-0.25, -0.2) is 9.69 Å². The van der Waals surface area contributed by atoms with E-state index in [4.69, 9.17) is 9.47 Å². The number of amides is 1. The van der Waals surface area contributed by atoms with Gasteiger partial charge < -0.3 is 19.9 Å². The number of anilines is 2. The lowest BCUT2D eigenvalue weighted by molar-refractivity contribution is 0.142. The van der Waals surface area contributed by atoms with E-state index in [1.54, 1.807) is 13.8 Å². The van der Waals surface area contributed by atoms with Crippen LogP contribution in [0.4, 0.5) is 16.7 Å². The molecule has 0 bridgehead atoms. The maximum absolute atomic E-state index is 12.2. The first-order valence-corrected chi connectivity index (χ1v) is 10.4. The van der Waals surface area contributed by atoms with Gasteiger partial charge >= 0.3 is 6.09 Å². The average molecular weight is 435 g/mol. The largest absolute Gasteiger partial charge is 0.457 e. The van der Waals surface area contributed by atoms with Gasteiger partial charge in [-0.3, -0.25) is 0 Å². The summed E-state index contributed by atoms with van der Waals surface area (Å²) in [4.78, 5) is 26.4. The van der Waals surface area contributed by atoms with Crippen molar-refractivity contribution >= 4 is 18.0 Å². The standard InChI is InChI=1S/C23H25N5O4/c1-14(17-9-11-19(12-10-17)32-18-7-5-4-6-8-18)24-21-25-16(3)26-22(27-21)28-20(15(2)29)13-31-23(28)30/h4-12,14-15,20,29H,13H2,1-3H3,(H,24,25,26,27)/t14-,15-,20+/m0/s1. The fourth-order valence-electron chi connectivity index (χ4n) is 3.39. The fraction of sp³-hybridized carbons (Fsp3) is 0.304. The third-order valence-corrected chi connectivity index (χ3v) is 5.12. The summed E-state index contributed by atoms with van der Waals surface area (Å²) < 4.78 is 10.9. The van der Waals surface area contributed by atoms with Crippen LogP contribution in [0, 0.1) is 6.92 Å². The lowest BCUT2D eigenvalue weighted by Crippen LogP contribution is -2.42. The highest BCUT2D eigenvalue weighted by molar-refractivity contribution is 5.88. The normalized spacial score (nSPS) is 17.6. The first-order valence-electron chi connectivity index (χ1n) is 10.4. The van der Waals surface area contributed by atoms with E-state index >= 15 is 0 Å². The van der Waals surface area contributed by atoms with Gasteiger partial charge in [-0.2, -0.15) is 15.0 Å². The number of rotatable bonds is 7. The molecule has 2 heterocycles. The molecule has 1 aliphatic rings. The fourth-order valence-corrected chi connectivity index (χ4v) is 3.39. The van der Waals surface area contributed by atoms with E-state index in [1.165, 1.54) is 4.90 Å². The number of ether oxygens (including phenoxy) is 2. The summed E-state index contributed by atoms with van der Waals surface area (Å²) in [6.45, 7) is 5.38. The minimum Gasteiger partial charge on any atom is -0.457 e. The molecule has 2 aromatic carbocycles. The van der Waals surface area contributed by atoms with E-state index in [0.29, 0.717) is 11.8 Å². The van der Waals surface area contributed by atoms with E-state index < -0.39 is 18.2 Å². The molecule has 166 valence electrons. The molecule has 2 N–H and O–H groups in total. The van der Waals surface area contributed by atoms with Crippen LogP contribution in [0.1, 0.15) is 31.3 Å². The molecule has 0 unspecified atom stereocenters. The highest BCUT2D eigenvalue weighted by Gasteiger charge is 2.39. The Kier molecular flexibility index (Phi) is 6.18. The number of aliphatic hydroxyl groups excluding tert-OH is 1. The number of nitrogens with one attached hydrogen (secondary N) is 1. The van der Waals surface area contributed by atoms with Gasteiger partial charge in [0.1, 0.15) is 30.0 Å². The van der Waals surface area contributed by atoms with Gasteiger partial charge in [-0.05, 0) is 50.6 Å². The Labute approximate surface area is 186 Å². The average Bonchev–Trinajstić information content (AvgIpc) is 3.16. The summed E-state index contributed by atoms with van der Waals surface area (Å²) in [5.41, 5.74) is 1.01. The molecule has 0 saturated carbocycles. The number of benzene rings is 2. The van der Waals surface area contributed by atoms with Gasteiger partial charge in [-0.1, -0.05) is 30.3 Å². The molecule has 3 aromatic rings. The van der Waals surface area contributed by atoms with Gasteiger partial charge in [0.15, 0.2) is 0 Å². The number of hydrogen-bond acceptors (Lipinski definition) is 8. The molecule has 1 aliphatic heterocycles. The second kappa shape index (κ2) is 9.19. The van der Waals surface area contributed by atoms with E-state index in [2.05, 4.69) is 20.3 Å². The maximum Gasteiger partial charge on any atom is 0.417 e. The van der Waals surface area contributed by atoms with Crippen molar-refractivity contribution in [3.05, 3.63) is 66.0 Å². The summed E-state index contributed by atoms with van der Waals surface area (Å²) in [5, 5.41) is 13.2. The molecule has 9 heteroatoms. The minimum atomic E-state index is -0.787. The third-order valence-electron chi connectivity index (χ3n) is 5.12. The molecular formula is C23H25N5O4. The maximum atomic E-state index is 12.2. The van der Waals surface area contributed by atoms with Crippen molar-refractivity contribution < 1.29 is 19.4 Å². The first kappa shape index (κ1) is 21.5. The van der Waals surface area contributed by atoms with Crippen LogP contribution in [0.2, 0.25) is 0 Å². The predicted octanol–water partition coefficient (Wildman–Crippen LogP) is 3.85. The van der Waals surface area contributed by atoms with Crippen molar-refractivity contribution in [1.82, 2.24) is 15.0 Å². The number of carbonyl (C=O) groups excluding carboxylic acids is 1. The number of aliphatic hydroxyl groups is 1. The van der Waals surface area contributed by atoms with Crippen molar-refractivity contribution in [2.45, 2.75) is 39.0 Å². The van der Waals surface area contributed by atoms with Crippen LogP contribution in [-0.4, -0.2) is 44.9 Å². The van der Waals surface area contributed by atoms with Crippen LogP contribution in [-0.2, 0) is 4.74 Å². The Hall–Kier alpha value is -3.72. The van der Waals surface area contributed by atoms with Crippen molar-refractivity contribution in [3.8, 4) is 11.5 Å². The van der Waals surface area contributed by atoms with E-state index in [0.717, 1.165) is 17.1 Å². The number of cyclic esters (lactones) is 1. The van der Waals surface area contributed by atoms with E-state index in [9.17, 15) is 9.90 Å². The van der Waals surface area contributed by atoms with Crippen LogP contribution in [0.5, 0.6) is 11.5 Å². The molecule has 0 aliphatic carbocycles. The molecule has 9 nitrogen and oxygen atoms in total. The van der Waals surface area contributed by atoms with Crippen LogP contribution in [0.15, 0.2) is 54.6 Å². The summed E-state index contributed by atoms with van der Waals surface area (Å²) in [6.07, 6.45) is -1.38. The van der Waals surface area contributed by atoms with Crippen molar-refractivity contribution in [3.63, 3.8) is 0 Å². The number of aromatic nitrogens is 3. The molecular weight excluding hydrogens is 410 g/mol. The number of para-hydroxylation sites is 1. The monoisotopic (exact) mass is 435 g/mol. The van der Waals surface area contributed by atoms with E-state index in [1.807, 2.05) is 61.5 Å². The Bertz CT molecular complexity index is 1080. The van der Waals surface area contributed by atoms with Crippen LogP contribution in [0.25, 0.3) is 0 Å². The Balaban J connectivity index is 1.48. The zero-order valence-electron chi connectivity index (χ0n) is 18.1. The van der Waals surface area contributed by atoms with Crippen LogP contribution >= 0.6 is 0 Å². The lowest BCUT2D eigenvalue weighted by atomic mass is 10.1. The summed E-state index contributed by atoms with van der Waals surface area (Å²) in [7, 11) is 0. The van der Waals surface area contributed by atoms with Gasteiger partial charge in [0.05, 0.1) is 12.1 Å². The van der Waals surface area contributed by atoms with Crippen LogP contribution < -0.4 is 15.0 Å². The minimum absolute atomic E-state index is 0.0811. The number of aryl methyl sites for hydroxylation is 1. The summed E-state index contributed by atoms with van der Waals surface area (Å²) in [5.74, 6) is 2.43. The Morgan fingerprint density at radius 3 is 2.44 bits per heavy atom. The van der Waals surface area contributed by atoms with Crippen molar-refractivity contribution in [2.24, 2.45) is 0 Å².